The maximum absolute atomic E-state index is 12.2. The van der Waals surface area contributed by atoms with E-state index < -0.39 is 0 Å². The lowest BCUT2D eigenvalue weighted by Crippen LogP contribution is -2.20. The fourth-order valence-corrected chi connectivity index (χ4v) is 3.60. The van der Waals surface area contributed by atoms with Gasteiger partial charge in [0.2, 0.25) is 0 Å². The van der Waals surface area contributed by atoms with Crippen LogP contribution >= 0.6 is 0 Å². The largest absolute Gasteiger partial charge is 0.483 e. The van der Waals surface area contributed by atoms with Crippen molar-refractivity contribution in [2.24, 2.45) is 0 Å². The van der Waals surface area contributed by atoms with Gasteiger partial charge in [-0.05, 0) is 55.2 Å². The molecule has 1 amide bonds. The average molecular weight is 402 g/mol. The Kier molecular flexibility index (Phi) is 6.23. The van der Waals surface area contributed by atoms with Crippen LogP contribution < -0.4 is 15.0 Å². The summed E-state index contributed by atoms with van der Waals surface area (Å²) in [5, 5.41) is 11.6. The van der Waals surface area contributed by atoms with Crippen LogP contribution in [0.2, 0.25) is 0 Å². The third-order valence-electron chi connectivity index (χ3n) is 5.26. The number of rotatable bonds is 7. The number of carbonyl (C=O) groups is 1. The quantitative estimate of drug-likeness (QED) is 0.637. The van der Waals surface area contributed by atoms with Gasteiger partial charge in [-0.15, -0.1) is 10.2 Å². The molecule has 1 saturated heterocycles. The highest BCUT2D eigenvalue weighted by Crippen LogP contribution is 2.23. The maximum Gasteiger partial charge on any atom is 0.262 e. The number of nitrogens with zero attached hydrogens (tertiary/aromatic N) is 3. The van der Waals surface area contributed by atoms with Crippen LogP contribution in [-0.4, -0.2) is 35.8 Å². The molecule has 1 fully saturated rings. The van der Waals surface area contributed by atoms with E-state index in [9.17, 15) is 4.79 Å². The molecule has 1 aromatic heterocycles. The van der Waals surface area contributed by atoms with Gasteiger partial charge < -0.3 is 15.0 Å². The minimum absolute atomic E-state index is 0.0256. The maximum atomic E-state index is 12.2. The first kappa shape index (κ1) is 19.9. The molecule has 2 heterocycles. The number of para-hydroxylation sites is 1. The topological polar surface area (TPSA) is 67.3 Å². The molecule has 6 heteroatoms. The number of ether oxygens (including phenoxy) is 1. The van der Waals surface area contributed by atoms with Gasteiger partial charge in [-0.3, -0.25) is 4.79 Å². The molecule has 1 aliphatic heterocycles. The molecule has 30 heavy (non-hydrogen) atoms. The van der Waals surface area contributed by atoms with E-state index in [2.05, 4.69) is 27.3 Å². The number of carbonyl (C=O) groups excluding carboxylic acids is 1. The molecule has 0 aliphatic carbocycles. The van der Waals surface area contributed by atoms with Gasteiger partial charge in [0, 0.05) is 24.3 Å². The number of nitrogens with one attached hydrogen (secondary N) is 1. The second kappa shape index (κ2) is 9.39. The monoisotopic (exact) mass is 402 g/mol. The Bertz CT molecular complexity index is 981. The smallest absolute Gasteiger partial charge is 0.262 e. The molecule has 3 aromatic rings. The van der Waals surface area contributed by atoms with Crippen molar-refractivity contribution in [3.05, 3.63) is 66.2 Å². The number of benzene rings is 2. The van der Waals surface area contributed by atoms with Gasteiger partial charge in [0.05, 0.1) is 5.69 Å². The Labute approximate surface area is 176 Å². The summed E-state index contributed by atoms with van der Waals surface area (Å²) in [5.41, 5.74) is 3.58. The van der Waals surface area contributed by atoms with Gasteiger partial charge in [-0.25, -0.2) is 0 Å². The van der Waals surface area contributed by atoms with Crippen molar-refractivity contribution in [3.8, 4) is 17.0 Å². The van der Waals surface area contributed by atoms with Crippen LogP contribution in [0.5, 0.6) is 5.75 Å². The zero-order valence-electron chi connectivity index (χ0n) is 17.2. The van der Waals surface area contributed by atoms with E-state index in [0.717, 1.165) is 53.6 Å². The van der Waals surface area contributed by atoms with Crippen molar-refractivity contribution < 1.29 is 9.53 Å². The van der Waals surface area contributed by atoms with E-state index in [-0.39, 0.29) is 12.5 Å². The van der Waals surface area contributed by atoms with E-state index in [1.807, 2.05) is 60.7 Å². The van der Waals surface area contributed by atoms with Crippen molar-refractivity contribution in [1.82, 2.24) is 10.2 Å². The lowest BCUT2D eigenvalue weighted by Gasteiger charge is -2.15. The molecule has 1 N–H and O–H groups in total. The van der Waals surface area contributed by atoms with Gasteiger partial charge in [0.25, 0.3) is 5.91 Å². The summed E-state index contributed by atoms with van der Waals surface area (Å²) in [6.07, 6.45) is 3.29. The molecular weight excluding hydrogens is 376 g/mol. The van der Waals surface area contributed by atoms with Gasteiger partial charge in [-0.1, -0.05) is 37.3 Å². The molecule has 0 atom stereocenters. The molecule has 4 rings (SSSR count). The number of aromatic nitrogens is 2. The number of anilines is 2. The molecule has 0 saturated carbocycles. The van der Waals surface area contributed by atoms with Crippen molar-refractivity contribution in [1.29, 1.82) is 0 Å². The van der Waals surface area contributed by atoms with Crippen LogP contribution in [-0.2, 0) is 11.2 Å². The van der Waals surface area contributed by atoms with Crippen LogP contribution in [0.3, 0.4) is 0 Å². The van der Waals surface area contributed by atoms with Crippen LogP contribution in [0.4, 0.5) is 11.5 Å². The van der Waals surface area contributed by atoms with E-state index in [4.69, 9.17) is 4.74 Å². The summed E-state index contributed by atoms with van der Waals surface area (Å²) in [5.74, 6) is 1.50. The van der Waals surface area contributed by atoms with Crippen LogP contribution in [0.15, 0.2) is 60.7 Å². The zero-order valence-corrected chi connectivity index (χ0v) is 17.2. The Morgan fingerprint density at radius 2 is 1.77 bits per heavy atom. The first-order valence-electron chi connectivity index (χ1n) is 10.4. The summed E-state index contributed by atoms with van der Waals surface area (Å²) in [6, 6.07) is 19.4. The Hall–Kier alpha value is -3.41. The summed E-state index contributed by atoms with van der Waals surface area (Å²) in [7, 11) is 0. The van der Waals surface area contributed by atoms with Gasteiger partial charge >= 0.3 is 0 Å². The van der Waals surface area contributed by atoms with Crippen LogP contribution in [0.25, 0.3) is 11.3 Å². The fraction of sp³-hybridized carbons (Fsp3) is 0.292. The second-order valence-corrected chi connectivity index (χ2v) is 7.35. The first-order valence-corrected chi connectivity index (χ1v) is 10.4. The highest BCUT2D eigenvalue weighted by molar-refractivity contribution is 5.92. The van der Waals surface area contributed by atoms with Crippen molar-refractivity contribution in [3.63, 3.8) is 0 Å². The lowest BCUT2D eigenvalue weighted by molar-refractivity contribution is -0.118. The van der Waals surface area contributed by atoms with Crippen molar-refractivity contribution in [2.75, 3.05) is 29.9 Å². The fourth-order valence-electron chi connectivity index (χ4n) is 3.60. The number of hydrogen-bond donors (Lipinski definition) is 1. The van der Waals surface area contributed by atoms with Gasteiger partial charge in [0.1, 0.15) is 5.75 Å². The van der Waals surface area contributed by atoms with E-state index in [0.29, 0.717) is 0 Å². The molecule has 0 spiro atoms. The molecule has 6 nitrogen and oxygen atoms in total. The minimum atomic E-state index is -0.191. The third-order valence-corrected chi connectivity index (χ3v) is 5.26. The van der Waals surface area contributed by atoms with E-state index in [1.54, 1.807) is 0 Å². The predicted molar refractivity (Wildman–Crippen MR) is 119 cm³/mol. The zero-order chi connectivity index (χ0) is 20.8. The first-order chi connectivity index (χ1) is 14.7. The molecule has 0 bridgehead atoms. The normalized spacial score (nSPS) is 13.3. The second-order valence-electron chi connectivity index (χ2n) is 7.35. The van der Waals surface area contributed by atoms with Crippen molar-refractivity contribution in [2.45, 2.75) is 26.2 Å². The van der Waals surface area contributed by atoms with Gasteiger partial charge in [-0.2, -0.15) is 0 Å². The number of amides is 1. The molecule has 1 aliphatic rings. The number of hydrogen-bond acceptors (Lipinski definition) is 5. The van der Waals surface area contributed by atoms with E-state index in [1.165, 1.54) is 12.8 Å². The van der Waals surface area contributed by atoms with Crippen LogP contribution in [0.1, 0.15) is 25.3 Å². The highest BCUT2D eigenvalue weighted by Gasteiger charge is 2.14. The highest BCUT2D eigenvalue weighted by atomic mass is 16.5. The Morgan fingerprint density at radius 1 is 1.00 bits per heavy atom. The Morgan fingerprint density at radius 3 is 2.47 bits per heavy atom. The van der Waals surface area contributed by atoms with Crippen LogP contribution in [0, 0.1) is 0 Å². The predicted octanol–water partition coefficient (Wildman–Crippen LogP) is 4.32. The lowest BCUT2D eigenvalue weighted by atomic mass is 10.1. The summed E-state index contributed by atoms with van der Waals surface area (Å²) >= 11 is 0. The van der Waals surface area contributed by atoms with E-state index >= 15 is 0 Å². The molecule has 154 valence electrons. The third kappa shape index (κ3) is 4.76. The molecular formula is C24H26N4O2. The molecule has 2 aromatic carbocycles. The van der Waals surface area contributed by atoms with Gasteiger partial charge in [0.15, 0.2) is 12.4 Å². The summed E-state index contributed by atoms with van der Waals surface area (Å²) < 4.78 is 5.67. The molecule has 0 unspecified atom stereocenters. The van der Waals surface area contributed by atoms with Crippen molar-refractivity contribution >= 4 is 17.4 Å². The summed E-state index contributed by atoms with van der Waals surface area (Å²) in [6.45, 7) is 4.14. The molecule has 0 radical (unpaired) electrons. The minimum Gasteiger partial charge on any atom is -0.483 e. The Balaban J connectivity index is 1.33. The summed E-state index contributed by atoms with van der Waals surface area (Å²) in [4.78, 5) is 14.5. The SMILES string of the molecule is CCc1ccccc1OCC(=O)Nc1ccc(-c2ccc(N3CCCC3)nn2)cc1. The standard InChI is InChI=1S/C24H26N4O2/c1-2-18-7-3-4-8-22(18)30-17-24(29)25-20-11-9-19(10-12-20)21-13-14-23(27-26-21)28-15-5-6-16-28/h3-4,7-14H,2,5-6,15-17H2,1H3,(H,25,29). The average Bonchev–Trinajstić information content (AvgIpc) is 3.33. The number of aryl methyl sites for hydroxylation is 1.